The number of esters is 1. The van der Waals surface area contributed by atoms with Crippen LogP contribution < -0.4 is 14.9 Å². The van der Waals surface area contributed by atoms with Crippen molar-refractivity contribution in [2.75, 3.05) is 6.61 Å². The zero-order chi connectivity index (χ0) is 27.0. The lowest BCUT2D eigenvalue weighted by Crippen LogP contribution is -2.39. The number of carbonyl (C=O) groups is 1. The van der Waals surface area contributed by atoms with E-state index in [0.717, 1.165) is 0 Å². The molecule has 0 bridgehead atoms. The molecule has 0 spiro atoms. The minimum absolute atomic E-state index is 0.0521. The van der Waals surface area contributed by atoms with Crippen LogP contribution in [0.4, 0.5) is 5.69 Å². The van der Waals surface area contributed by atoms with Gasteiger partial charge in [0.1, 0.15) is 11.5 Å². The normalized spacial score (nSPS) is 15.2. The molecule has 1 aliphatic rings. The summed E-state index contributed by atoms with van der Waals surface area (Å²) in [6.45, 7) is 3.61. The molecule has 0 amide bonds. The SMILES string of the molecule is CCOC(=O)C1=C(C)N=c2s/c(=C/c3ccc(-c4cccc([N+](=O)[O-])c4)o3)c(=O)n2[C@H]1c1ccc(Cl)cc1. The zero-order valence-electron chi connectivity index (χ0n) is 20.2. The number of hydrogen-bond donors (Lipinski definition) is 0. The average molecular weight is 550 g/mol. The van der Waals surface area contributed by atoms with Crippen molar-refractivity contribution in [1.82, 2.24) is 4.57 Å². The van der Waals surface area contributed by atoms with Gasteiger partial charge in [0.25, 0.3) is 11.2 Å². The number of hydrogen-bond acceptors (Lipinski definition) is 8. The fourth-order valence-corrected chi connectivity index (χ4v) is 5.39. The summed E-state index contributed by atoms with van der Waals surface area (Å²) in [7, 11) is 0. The molecule has 1 atom stereocenters. The molecule has 4 aromatic rings. The maximum atomic E-state index is 13.7. The molecule has 0 saturated heterocycles. The van der Waals surface area contributed by atoms with Gasteiger partial charge in [0.15, 0.2) is 4.80 Å². The van der Waals surface area contributed by atoms with Crippen LogP contribution >= 0.6 is 22.9 Å². The van der Waals surface area contributed by atoms with E-state index in [9.17, 15) is 19.7 Å². The Kier molecular flexibility index (Phi) is 6.83. The summed E-state index contributed by atoms with van der Waals surface area (Å²) < 4.78 is 13.0. The number of benzene rings is 2. The third-order valence-corrected chi connectivity index (χ3v) is 7.18. The Balaban J connectivity index is 1.61. The van der Waals surface area contributed by atoms with Gasteiger partial charge in [0.05, 0.1) is 33.4 Å². The molecule has 0 fully saturated rings. The minimum atomic E-state index is -0.748. The summed E-state index contributed by atoms with van der Waals surface area (Å²) in [5.41, 5.74) is 1.56. The van der Waals surface area contributed by atoms with E-state index in [1.54, 1.807) is 68.5 Å². The highest BCUT2D eigenvalue weighted by atomic mass is 35.5. The summed E-state index contributed by atoms with van der Waals surface area (Å²) in [5.74, 6) is 0.268. The lowest BCUT2D eigenvalue weighted by molar-refractivity contribution is -0.384. The van der Waals surface area contributed by atoms with Crippen LogP contribution in [-0.4, -0.2) is 22.1 Å². The Bertz CT molecular complexity index is 1780. The molecule has 192 valence electrons. The molecule has 0 saturated carbocycles. The topological polar surface area (TPSA) is 117 Å². The number of nitro groups is 1. The number of rotatable bonds is 6. The lowest BCUT2D eigenvalue weighted by atomic mass is 9.96. The van der Waals surface area contributed by atoms with Crippen LogP contribution in [0.2, 0.25) is 5.02 Å². The molecule has 38 heavy (non-hydrogen) atoms. The second-order valence-corrected chi connectivity index (χ2v) is 9.81. The smallest absolute Gasteiger partial charge is 0.338 e. The van der Waals surface area contributed by atoms with Gasteiger partial charge >= 0.3 is 5.97 Å². The first-order valence-electron chi connectivity index (χ1n) is 11.6. The first-order chi connectivity index (χ1) is 18.3. The zero-order valence-corrected chi connectivity index (χ0v) is 21.8. The van der Waals surface area contributed by atoms with Crippen molar-refractivity contribution in [3.05, 3.63) is 118 Å². The first-order valence-corrected chi connectivity index (χ1v) is 12.8. The van der Waals surface area contributed by atoms with Gasteiger partial charge in [-0.1, -0.05) is 47.2 Å². The van der Waals surface area contributed by atoms with Gasteiger partial charge in [0, 0.05) is 28.8 Å². The van der Waals surface area contributed by atoms with Crippen LogP contribution in [0.1, 0.15) is 31.2 Å². The largest absolute Gasteiger partial charge is 0.463 e. The van der Waals surface area contributed by atoms with Gasteiger partial charge in [-0.25, -0.2) is 9.79 Å². The molecule has 0 radical (unpaired) electrons. The molecular weight excluding hydrogens is 530 g/mol. The summed E-state index contributed by atoms with van der Waals surface area (Å²) in [4.78, 5) is 42.2. The second kappa shape index (κ2) is 10.2. The van der Waals surface area contributed by atoms with Crippen molar-refractivity contribution in [1.29, 1.82) is 0 Å². The van der Waals surface area contributed by atoms with Crippen molar-refractivity contribution in [3.63, 3.8) is 0 Å². The number of halogens is 1. The van der Waals surface area contributed by atoms with Crippen LogP contribution in [-0.2, 0) is 9.53 Å². The molecule has 9 nitrogen and oxygen atoms in total. The Morgan fingerprint density at radius 2 is 2.00 bits per heavy atom. The Morgan fingerprint density at radius 1 is 1.24 bits per heavy atom. The highest BCUT2D eigenvalue weighted by molar-refractivity contribution is 7.07. The highest BCUT2D eigenvalue weighted by Gasteiger charge is 2.33. The predicted molar refractivity (Wildman–Crippen MR) is 143 cm³/mol. The fourth-order valence-electron chi connectivity index (χ4n) is 4.24. The monoisotopic (exact) mass is 549 g/mol. The number of ether oxygens (including phenoxy) is 1. The molecule has 2 aromatic carbocycles. The van der Waals surface area contributed by atoms with E-state index in [4.69, 9.17) is 20.8 Å². The lowest BCUT2D eigenvalue weighted by Gasteiger charge is -2.24. The van der Waals surface area contributed by atoms with Gasteiger partial charge in [-0.05, 0) is 43.7 Å². The number of aromatic nitrogens is 1. The second-order valence-electron chi connectivity index (χ2n) is 8.36. The van der Waals surface area contributed by atoms with E-state index in [1.807, 2.05) is 0 Å². The maximum Gasteiger partial charge on any atom is 0.338 e. The quantitative estimate of drug-likeness (QED) is 0.197. The van der Waals surface area contributed by atoms with Crippen LogP contribution in [0.5, 0.6) is 0 Å². The van der Waals surface area contributed by atoms with Crippen LogP contribution in [0.25, 0.3) is 17.4 Å². The summed E-state index contributed by atoms with van der Waals surface area (Å²) in [6.07, 6.45) is 1.59. The number of furan rings is 1. The van der Waals surface area contributed by atoms with Crippen molar-refractivity contribution in [3.8, 4) is 11.3 Å². The minimum Gasteiger partial charge on any atom is -0.463 e. The van der Waals surface area contributed by atoms with E-state index in [0.29, 0.717) is 42.7 Å². The molecular formula is C27H20ClN3O6S. The number of non-ortho nitro benzene ring substituents is 1. The molecule has 1 aliphatic heterocycles. The Hall–Kier alpha value is -4.28. The van der Waals surface area contributed by atoms with Gasteiger partial charge < -0.3 is 9.15 Å². The summed E-state index contributed by atoms with van der Waals surface area (Å²) in [6, 6.07) is 15.6. The van der Waals surface area contributed by atoms with E-state index < -0.39 is 16.9 Å². The van der Waals surface area contributed by atoms with Gasteiger partial charge in [-0.15, -0.1) is 0 Å². The fraction of sp³-hybridized carbons (Fsp3) is 0.148. The standard InChI is InChI=1S/C27H20ClN3O6S/c1-3-36-26(33)23-15(2)29-27-30(24(23)16-7-9-18(28)10-8-16)25(32)22(38-27)14-20-11-12-21(37-20)17-5-4-6-19(13-17)31(34)35/h4-14,24H,3H2,1-2H3/b22-14+/t24-/m0/s1. The number of nitrogens with zero attached hydrogens (tertiary/aromatic N) is 3. The first kappa shape index (κ1) is 25.4. The van der Waals surface area contributed by atoms with E-state index in [1.165, 1.54) is 28.0 Å². The predicted octanol–water partition coefficient (Wildman–Crippen LogP) is 4.62. The maximum absolute atomic E-state index is 13.7. The van der Waals surface area contributed by atoms with Crippen LogP contribution in [0, 0.1) is 10.1 Å². The molecule has 11 heteroatoms. The third kappa shape index (κ3) is 4.71. The Labute approximate surface area is 224 Å². The molecule has 2 aromatic heterocycles. The number of fused-ring (bicyclic) bond motifs is 1. The average Bonchev–Trinajstić information content (AvgIpc) is 3.48. The molecule has 3 heterocycles. The summed E-state index contributed by atoms with van der Waals surface area (Å²) >= 11 is 7.25. The van der Waals surface area contributed by atoms with Crippen molar-refractivity contribution in [2.45, 2.75) is 19.9 Å². The number of allylic oxidation sites excluding steroid dienone is 1. The van der Waals surface area contributed by atoms with Gasteiger partial charge in [-0.3, -0.25) is 19.5 Å². The van der Waals surface area contributed by atoms with Crippen molar-refractivity contribution >= 4 is 40.7 Å². The molecule has 0 N–H and O–H groups in total. The Morgan fingerprint density at radius 3 is 2.71 bits per heavy atom. The van der Waals surface area contributed by atoms with Crippen molar-refractivity contribution < 1.29 is 18.9 Å². The van der Waals surface area contributed by atoms with Gasteiger partial charge in [0.2, 0.25) is 0 Å². The molecule has 5 rings (SSSR count). The summed E-state index contributed by atoms with van der Waals surface area (Å²) in [5, 5.41) is 11.6. The van der Waals surface area contributed by atoms with E-state index in [2.05, 4.69) is 4.99 Å². The van der Waals surface area contributed by atoms with Crippen LogP contribution in [0.15, 0.2) is 86.1 Å². The highest BCUT2D eigenvalue weighted by Crippen LogP contribution is 2.31. The third-order valence-electron chi connectivity index (χ3n) is 5.94. The van der Waals surface area contributed by atoms with Crippen LogP contribution in [0.3, 0.4) is 0 Å². The van der Waals surface area contributed by atoms with E-state index in [-0.39, 0.29) is 23.4 Å². The van der Waals surface area contributed by atoms with Crippen molar-refractivity contribution in [2.24, 2.45) is 4.99 Å². The van der Waals surface area contributed by atoms with Gasteiger partial charge in [-0.2, -0.15) is 0 Å². The number of thiazole rings is 1. The molecule has 0 unspecified atom stereocenters. The van der Waals surface area contributed by atoms with E-state index >= 15 is 0 Å². The number of nitro benzene ring substituents is 1. The number of carbonyl (C=O) groups excluding carboxylic acids is 1. The molecule has 0 aliphatic carbocycles.